The van der Waals surface area contributed by atoms with Crippen LogP contribution in [0.3, 0.4) is 0 Å². The van der Waals surface area contributed by atoms with Gasteiger partial charge in [0.15, 0.2) is 0 Å². The molecule has 150 valence electrons. The second-order valence-corrected chi connectivity index (χ2v) is 7.76. The van der Waals surface area contributed by atoms with E-state index in [2.05, 4.69) is 40.4 Å². The van der Waals surface area contributed by atoms with Crippen LogP contribution in [0, 0.1) is 0 Å². The predicted octanol–water partition coefficient (Wildman–Crippen LogP) is 4.53. The summed E-state index contributed by atoms with van der Waals surface area (Å²) in [5, 5.41) is 5.68. The van der Waals surface area contributed by atoms with Crippen molar-refractivity contribution < 1.29 is 9.53 Å². The molecule has 3 aromatic carbocycles. The van der Waals surface area contributed by atoms with Gasteiger partial charge in [0.2, 0.25) is 0 Å². The van der Waals surface area contributed by atoms with Gasteiger partial charge >= 0.3 is 6.09 Å². The molecule has 1 N–H and O–H groups in total. The molecular formula is C23H24ClN3O2. The number of ether oxygens (including phenoxy) is 1. The van der Waals surface area contributed by atoms with Crippen LogP contribution in [0.1, 0.15) is 5.56 Å². The summed E-state index contributed by atoms with van der Waals surface area (Å²) in [7, 11) is 2.15. The van der Waals surface area contributed by atoms with Crippen LogP contribution in [0.15, 0.2) is 60.7 Å². The zero-order valence-corrected chi connectivity index (χ0v) is 17.2. The van der Waals surface area contributed by atoms with Crippen LogP contribution in [0.5, 0.6) is 5.75 Å². The number of nitrogens with zero attached hydrogens (tertiary/aromatic N) is 2. The summed E-state index contributed by atoms with van der Waals surface area (Å²) in [6.07, 6.45) is -0.476. The third-order valence-electron chi connectivity index (χ3n) is 5.24. The van der Waals surface area contributed by atoms with Crippen molar-refractivity contribution >= 4 is 34.2 Å². The van der Waals surface area contributed by atoms with E-state index in [9.17, 15) is 4.79 Å². The van der Waals surface area contributed by atoms with Crippen LogP contribution in [-0.2, 0) is 6.54 Å². The Bertz CT molecular complexity index is 999. The van der Waals surface area contributed by atoms with Gasteiger partial charge in [0.25, 0.3) is 0 Å². The molecule has 1 fully saturated rings. The van der Waals surface area contributed by atoms with Crippen molar-refractivity contribution in [2.75, 3.05) is 38.1 Å². The maximum atomic E-state index is 12.2. The second kappa shape index (κ2) is 8.72. The molecule has 29 heavy (non-hydrogen) atoms. The molecule has 3 aromatic rings. The predicted molar refractivity (Wildman–Crippen MR) is 118 cm³/mol. The maximum Gasteiger partial charge on any atom is 0.412 e. The largest absolute Gasteiger partial charge is 0.412 e. The summed E-state index contributed by atoms with van der Waals surface area (Å²) in [5.41, 5.74) is 2.14. The molecule has 6 heteroatoms. The number of carbonyl (C=O) groups is 1. The molecule has 0 aliphatic carbocycles. The number of likely N-dealkylation sites (N-methyl/N-ethyl adjacent to an activating group) is 1. The standard InChI is InChI=1S/C23H24ClN3O2/c1-26-11-13-27(14-12-26)22-4-2-3-18-7-10-20(15-21(18)22)29-23(28)25-16-17-5-8-19(24)9-6-17/h2-10,15H,11-14,16H2,1H3,(H,25,28). The van der Waals surface area contributed by atoms with Gasteiger partial charge in [-0.1, -0.05) is 41.9 Å². The van der Waals surface area contributed by atoms with Crippen LogP contribution in [0.25, 0.3) is 10.8 Å². The molecule has 0 unspecified atom stereocenters. The van der Waals surface area contributed by atoms with Gasteiger partial charge in [0.05, 0.1) is 0 Å². The van der Waals surface area contributed by atoms with Gasteiger partial charge in [-0.2, -0.15) is 0 Å². The Kier molecular flexibility index (Phi) is 5.88. The van der Waals surface area contributed by atoms with Crippen LogP contribution >= 0.6 is 11.6 Å². The van der Waals surface area contributed by atoms with Crippen LogP contribution in [0.2, 0.25) is 5.02 Å². The van der Waals surface area contributed by atoms with Crippen molar-refractivity contribution in [3.63, 3.8) is 0 Å². The van der Waals surface area contributed by atoms with Gasteiger partial charge < -0.3 is 19.9 Å². The fourth-order valence-corrected chi connectivity index (χ4v) is 3.67. The van der Waals surface area contributed by atoms with Crippen molar-refractivity contribution in [2.24, 2.45) is 0 Å². The molecular weight excluding hydrogens is 386 g/mol. The number of hydrogen-bond donors (Lipinski definition) is 1. The quantitative estimate of drug-likeness (QED) is 0.687. The van der Waals surface area contributed by atoms with Gasteiger partial charge in [-0.15, -0.1) is 0 Å². The monoisotopic (exact) mass is 409 g/mol. The van der Waals surface area contributed by atoms with E-state index >= 15 is 0 Å². The molecule has 0 spiro atoms. The molecule has 0 aromatic heterocycles. The first-order valence-corrected chi connectivity index (χ1v) is 10.1. The minimum atomic E-state index is -0.476. The number of fused-ring (bicyclic) bond motifs is 1. The van der Waals surface area contributed by atoms with Gasteiger partial charge in [-0.05, 0) is 48.3 Å². The minimum absolute atomic E-state index is 0.385. The molecule has 1 heterocycles. The fraction of sp³-hybridized carbons (Fsp3) is 0.261. The minimum Gasteiger partial charge on any atom is -0.410 e. The molecule has 1 saturated heterocycles. The summed E-state index contributed by atoms with van der Waals surface area (Å²) < 4.78 is 5.52. The van der Waals surface area contributed by atoms with Crippen molar-refractivity contribution in [1.29, 1.82) is 0 Å². The number of carbonyl (C=O) groups excluding carboxylic acids is 1. The van der Waals surface area contributed by atoms with Crippen LogP contribution in [0.4, 0.5) is 10.5 Å². The average Bonchev–Trinajstić information content (AvgIpc) is 2.73. The van der Waals surface area contributed by atoms with E-state index < -0.39 is 6.09 Å². The lowest BCUT2D eigenvalue weighted by molar-refractivity contribution is 0.200. The van der Waals surface area contributed by atoms with E-state index in [4.69, 9.17) is 16.3 Å². The Morgan fingerprint density at radius 2 is 1.79 bits per heavy atom. The van der Waals surface area contributed by atoms with E-state index in [1.807, 2.05) is 30.3 Å². The zero-order valence-electron chi connectivity index (χ0n) is 16.4. The number of halogens is 1. The molecule has 4 rings (SSSR count). The number of benzene rings is 3. The average molecular weight is 410 g/mol. The highest BCUT2D eigenvalue weighted by Crippen LogP contribution is 2.30. The third-order valence-corrected chi connectivity index (χ3v) is 5.49. The van der Waals surface area contributed by atoms with E-state index in [1.54, 1.807) is 12.1 Å². The highest BCUT2D eigenvalue weighted by Gasteiger charge is 2.16. The lowest BCUT2D eigenvalue weighted by atomic mass is 10.1. The highest BCUT2D eigenvalue weighted by molar-refractivity contribution is 6.30. The van der Waals surface area contributed by atoms with Gasteiger partial charge in [0.1, 0.15) is 5.75 Å². The molecule has 0 saturated carbocycles. The topological polar surface area (TPSA) is 44.8 Å². The smallest absolute Gasteiger partial charge is 0.410 e. The first-order chi connectivity index (χ1) is 14.1. The molecule has 5 nitrogen and oxygen atoms in total. The Hall–Kier alpha value is -2.76. The lowest BCUT2D eigenvalue weighted by Crippen LogP contribution is -2.44. The number of nitrogens with one attached hydrogen (secondary N) is 1. The van der Waals surface area contributed by atoms with E-state index in [1.165, 1.54) is 5.69 Å². The molecule has 0 bridgehead atoms. The Balaban J connectivity index is 1.47. The molecule has 1 aliphatic heterocycles. The summed E-state index contributed by atoms with van der Waals surface area (Å²) in [4.78, 5) is 17.0. The van der Waals surface area contributed by atoms with Crippen molar-refractivity contribution in [3.8, 4) is 5.75 Å². The second-order valence-electron chi connectivity index (χ2n) is 7.32. The summed E-state index contributed by atoms with van der Waals surface area (Å²) in [6.45, 7) is 4.44. The van der Waals surface area contributed by atoms with Crippen LogP contribution < -0.4 is 15.0 Å². The van der Waals surface area contributed by atoms with E-state index in [0.717, 1.165) is 42.5 Å². The fourth-order valence-electron chi connectivity index (χ4n) is 3.54. The Morgan fingerprint density at radius 3 is 2.55 bits per heavy atom. The SMILES string of the molecule is CN1CCN(c2cccc3ccc(OC(=O)NCc4ccc(Cl)cc4)cc23)CC1. The molecule has 1 aliphatic rings. The van der Waals surface area contributed by atoms with Gasteiger partial charge in [0, 0.05) is 48.8 Å². The van der Waals surface area contributed by atoms with E-state index in [0.29, 0.717) is 17.3 Å². The van der Waals surface area contributed by atoms with Crippen molar-refractivity contribution in [2.45, 2.75) is 6.54 Å². The first kappa shape index (κ1) is 19.6. The van der Waals surface area contributed by atoms with Crippen LogP contribution in [-0.4, -0.2) is 44.2 Å². The lowest BCUT2D eigenvalue weighted by Gasteiger charge is -2.34. The summed E-state index contributed by atoms with van der Waals surface area (Å²) >= 11 is 5.89. The summed E-state index contributed by atoms with van der Waals surface area (Å²) in [6, 6.07) is 19.4. The third kappa shape index (κ3) is 4.81. The highest BCUT2D eigenvalue weighted by atomic mass is 35.5. The van der Waals surface area contributed by atoms with Gasteiger partial charge in [-0.25, -0.2) is 4.79 Å². The number of hydrogen-bond acceptors (Lipinski definition) is 4. The maximum absolute atomic E-state index is 12.2. The number of anilines is 1. The molecule has 1 amide bonds. The van der Waals surface area contributed by atoms with Gasteiger partial charge in [-0.3, -0.25) is 0 Å². The normalized spacial score (nSPS) is 14.8. The summed E-state index contributed by atoms with van der Waals surface area (Å²) in [5.74, 6) is 0.535. The number of piperazine rings is 1. The number of rotatable bonds is 4. The Labute approximate surface area is 175 Å². The van der Waals surface area contributed by atoms with Crippen molar-refractivity contribution in [3.05, 3.63) is 71.2 Å². The first-order valence-electron chi connectivity index (χ1n) is 9.75. The Morgan fingerprint density at radius 1 is 1.03 bits per heavy atom. The van der Waals surface area contributed by atoms with E-state index in [-0.39, 0.29) is 0 Å². The van der Waals surface area contributed by atoms with Crippen molar-refractivity contribution in [1.82, 2.24) is 10.2 Å². The molecule has 0 atom stereocenters. The molecule has 0 radical (unpaired) electrons. The zero-order chi connectivity index (χ0) is 20.2. The number of amides is 1.